The second-order valence-electron chi connectivity index (χ2n) is 4.77. The first-order valence-electron chi connectivity index (χ1n) is 6.90. The molecular formula is C15H26N2O2. The quantitative estimate of drug-likeness (QED) is 0.531. The molecule has 0 heterocycles. The zero-order chi connectivity index (χ0) is 14.1. The largest absolute Gasteiger partial charge is 0.491 e. The number of ether oxygens (including phenoxy) is 2. The summed E-state index contributed by atoms with van der Waals surface area (Å²) in [5.74, 6) is 0.783. The number of hydrogen-bond donors (Lipinski definition) is 2. The van der Waals surface area contributed by atoms with Crippen molar-refractivity contribution in [3.63, 3.8) is 0 Å². The third kappa shape index (κ3) is 5.94. The van der Waals surface area contributed by atoms with Crippen molar-refractivity contribution in [3.8, 4) is 5.75 Å². The van der Waals surface area contributed by atoms with E-state index in [0.29, 0.717) is 12.6 Å². The molecule has 1 aromatic carbocycles. The van der Waals surface area contributed by atoms with Gasteiger partial charge in [-0.1, -0.05) is 13.0 Å². The van der Waals surface area contributed by atoms with E-state index in [2.05, 4.69) is 25.2 Å². The minimum Gasteiger partial charge on any atom is -0.491 e. The van der Waals surface area contributed by atoms with Gasteiger partial charge >= 0.3 is 0 Å². The van der Waals surface area contributed by atoms with E-state index >= 15 is 0 Å². The lowest BCUT2D eigenvalue weighted by atomic mass is 10.1. The summed E-state index contributed by atoms with van der Waals surface area (Å²) in [5, 5.41) is 3.40. The molecule has 0 aliphatic heterocycles. The summed E-state index contributed by atoms with van der Waals surface area (Å²) in [5.41, 5.74) is 7.93. The zero-order valence-corrected chi connectivity index (χ0v) is 12.2. The van der Waals surface area contributed by atoms with E-state index in [4.69, 9.17) is 15.2 Å². The van der Waals surface area contributed by atoms with Crippen molar-refractivity contribution in [2.75, 3.05) is 32.6 Å². The van der Waals surface area contributed by atoms with Gasteiger partial charge in [0.15, 0.2) is 0 Å². The Morgan fingerprint density at radius 2 is 2.11 bits per heavy atom. The summed E-state index contributed by atoms with van der Waals surface area (Å²) in [6.07, 6.45) is 1.93. The van der Waals surface area contributed by atoms with E-state index in [-0.39, 0.29) is 0 Å². The van der Waals surface area contributed by atoms with Crippen LogP contribution in [-0.2, 0) is 11.2 Å². The van der Waals surface area contributed by atoms with Crippen LogP contribution >= 0.6 is 0 Å². The van der Waals surface area contributed by atoms with Crippen molar-refractivity contribution in [3.05, 3.63) is 23.8 Å². The second kappa shape index (κ2) is 8.77. The average molecular weight is 266 g/mol. The maximum atomic E-state index is 5.99. The summed E-state index contributed by atoms with van der Waals surface area (Å²) in [7, 11) is 1.71. The van der Waals surface area contributed by atoms with Gasteiger partial charge in [-0.2, -0.15) is 0 Å². The summed E-state index contributed by atoms with van der Waals surface area (Å²) in [4.78, 5) is 0. The van der Waals surface area contributed by atoms with Crippen LogP contribution < -0.4 is 15.8 Å². The molecule has 4 nitrogen and oxygen atoms in total. The van der Waals surface area contributed by atoms with Crippen LogP contribution in [0.3, 0.4) is 0 Å². The Kier molecular flexibility index (Phi) is 7.30. The minimum atomic E-state index is 0.400. The van der Waals surface area contributed by atoms with Crippen LogP contribution in [0.15, 0.2) is 18.2 Å². The predicted molar refractivity (Wildman–Crippen MR) is 79.7 cm³/mol. The summed E-state index contributed by atoms with van der Waals surface area (Å²) >= 11 is 0. The Bertz CT molecular complexity index is 369. The summed E-state index contributed by atoms with van der Waals surface area (Å²) < 4.78 is 10.6. The molecule has 0 saturated carbocycles. The number of anilines is 1. The maximum absolute atomic E-state index is 5.99. The second-order valence-corrected chi connectivity index (χ2v) is 4.77. The molecular weight excluding hydrogens is 240 g/mol. The van der Waals surface area contributed by atoms with Crippen LogP contribution in [-0.4, -0.2) is 32.9 Å². The molecule has 0 aliphatic carbocycles. The van der Waals surface area contributed by atoms with Crippen molar-refractivity contribution in [1.82, 2.24) is 5.32 Å². The molecule has 0 aliphatic rings. The fourth-order valence-electron chi connectivity index (χ4n) is 1.90. The van der Waals surface area contributed by atoms with E-state index in [1.807, 2.05) is 12.1 Å². The average Bonchev–Trinajstić information content (AvgIpc) is 2.38. The first kappa shape index (κ1) is 15.8. The molecule has 4 heteroatoms. The van der Waals surface area contributed by atoms with Crippen molar-refractivity contribution in [2.24, 2.45) is 0 Å². The molecule has 0 aromatic heterocycles. The molecule has 3 N–H and O–H groups in total. The Hall–Kier alpha value is -1.26. The van der Waals surface area contributed by atoms with E-state index in [1.54, 1.807) is 7.11 Å². The summed E-state index contributed by atoms with van der Waals surface area (Å²) in [6.45, 7) is 6.55. The molecule has 1 rings (SSSR count). The molecule has 19 heavy (non-hydrogen) atoms. The van der Waals surface area contributed by atoms with Crippen molar-refractivity contribution >= 4 is 5.69 Å². The molecule has 0 amide bonds. The van der Waals surface area contributed by atoms with Gasteiger partial charge in [0.05, 0.1) is 18.9 Å². The third-order valence-electron chi connectivity index (χ3n) is 2.88. The normalized spacial score (nSPS) is 12.4. The fraction of sp³-hybridized carbons (Fsp3) is 0.600. The molecule has 1 aromatic rings. The number of benzene rings is 1. The molecule has 0 spiro atoms. The molecule has 108 valence electrons. The van der Waals surface area contributed by atoms with E-state index in [1.165, 1.54) is 5.56 Å². The smallest absolute Gasteiger partial charge is 0.142 e. The van der Waals surface area contributed by atoms with Gasteiger partial charge in [0.2, 0.25) is 0 Å². The van der Waals surface area contributed by atoms with Crippen LogP contribution in [0.1, 0.15) is 25.8 Å². The van der Waals surface area contributed by atoms with E-state index < -0.39 is 0 Å². The highest BCUT2D eigenvalue weighted by Gasteiger charge is 2.06. The Morgan fingerprint density at radius 1 is 1.32 bits per heavy atom. The lowest BCUT2D eigenvalue weighted by molar-refractivity contribution is 0.196. The van der Waals surface area contributed by atoms with Gasteiger partial charge in [0.1, 0.15) is 5.75 Å². The molecule has 0 saturated heterocycles. The van der Waals surface area contributed by atoms with Crippen LogP contribution in [0.5, 0.6) is 5.75 Å². The van der Waals surface area contributed by atoms with Gasteiger partial charge < -0.3 is 20.5 Å². The summed E-state index contributed by atoms with van der Waals surface area (Å²) in [6, 6.07) is 6.44. The van der Waals surface area contributed by atoms with Gasteiger partial charge in [-0.3, -0.25) is 0 Å². The third-order valence-corrected chi connectivity index (χ3v) is 2.88. The molecule has 0 fully saturated rings. The monoisotopic (exact) mass is 266 g/mol. The maximum Gasteiger partial charge on any atom is 0.142 e. The van der Waals surface area contributed by atoms with Gasteiger partial charge in [0, 0.05) is 19.7 Å². The van der Waals surface area contributed by atoms with Crippen LogP contribution in [0.4, 0.5) is 5.69 Å². The first-order valence-corrected chi connectivity index (χ1v) is 6.90. The number of nitrogens with two attached hydrogens (primary N) is 1. The number of rotatable bonds is 9. The Labute approximate surface area is 116 Å². The van der Waals surface area contributed by atoms with Crippen LogP contribution in [0, 0.1) is 0 Å². The van der Waals surface area contributed by atoms with Crippen molar-refractivity contribution in [2.45, 2.75) is 32.7 Å². The molecule has 0 bridgehead atoms. The van der Waals surface area contributed by atoms with Crippen molar-refractivity contribution in [1.29, 1.82) is 0 Å². The Morgan fingerprint density at radius 3 is 2.74 bits per heavy atom. The Balaban J connectivity index is 2.48. The van der Waals surface area contributed by atoms with Gasteiger partial charge in [-0.15, -0.1) is 0 Å². The van der Waals surface area contributed by atoms with Crippen LogP contribution in [0.25, 0.3) is 0 Å². The van der Waals surface area contributed by atoms with Crippen LogP contribution in [0.2, 0.25) is 0 Å². The molecule has 1 unspecified atom stereocenters. The van der Waals surface area contributed by atoms with E-state index in [0.717, 1.165) is 37.4 Å². The highest BCUT2D eigenvalue weighted by Crippen LogP contribution is 2.23. The first-order chi connectivity index (χ1) is 9.17. The number of nitrogen functional groups attached to an aromatic ring is 1. The topological polar surface area (TPSA) is 56.5 Å². The zero-order valence-electron chi connectivity index (χ0n) is 12.2. The van der Waals surface area contributed by atoms with Crippen molar-refractivity contribution < 1.29 is 9.47 Å². The SMILES string of the molecule is CCCOc1ccc(CC(C)NCCOC)cc1N. The lowest BCUT2D eigenvalue weighted by Gasteiger charge is -2.15. The number of methoxy groups -OCH3 is 1. The molecule has 1 atom stereocenters. The predicted octanol–water partition coefficient (Wildman–Crippen LogP) is 2.22. The minimum absolute atomic E-state index is 0.400. The number of nitrogens with one attached hydrogen (secondary N) is 1. The number of hydrogen-bond acceptors (Lipinski definition) is 4. The fourth-order valence-corrected chi connectivity index (χ4v) is 1.90. The highest BCUT2D eigenvalue weighted by molar-refractivity contribution is 5.54. The van der Waals surface area contributed by atoms with Gasteiger partial charge in [-0.05, 0) is 37.5 Å². The standard InChI is InChI=1S/C15H26N2O2/c1-4-8-19-15-6-5-13(11-14(15)16)10-12(2)17-7-9-18-3/h5-6,11-12,17H,4,7-10,16H2,1-3H3. The van der Waals surface area contributed by atoms with Gasteiger partial charge in [0.25, 0.3) is 0 Å². The van der Waals surface area contributed by atoms with Gasteiger partial charge in [-0.25, -0.2) is 0 Å². The molecule has 0 radical (unpaired) electrons. The highest BCUT2D eigenvalue weighted by atomic mass is 16.5. The van der Waals surface area contributed by atoms with E-state index in [9.17, 15) is 0 Å². The lowest BCUT2D eigenvalue weighted by Crippen LogP contribution is -2.30.